The number of carbonyl (C=O) groups excluding carboxylic acids is 3. The van der Waals surface area contributed by atoms with E-state index in [0.29, 0.717) is 44.9 Å². The molecule has 0 fully saturated rings. The van der Waals surface area contributed by atoms with Gasteiger partial charge in [0.15, 0.2) is 0 Å². The molecule has 0 bridgehead atoms. The third kappa shape index (κ3) is 9.01. The van der Waals surface area contributed by atoms with E-state index in [1.54, 1.807) is 6.92 Å². The standard InChI is InChI=1S/C14H28N4O3/c1-5-13(21)17-9-14(7-15-10-19,8-16-12(4)20)18-6-11(2)3/h10-11,18H,5-9H2,1-4H3,(H,15,19)(H,16,20)(H,17,21). The summed E-state index contributed by atoms with van der Waals surface area (Å²) in [7, 11) is 0. The monoisotopic (exact) mass is 300 g/mol. The summed E-state index contributed by atoms with van der Waals surface area (Å²) in [5.74, 6) is 0.179. The normalized spacial score (nSPS) is 13.4. The fourth-order valence-corrected chi connectivity index (χ4v) is 1.72. The zero-order chi connectivity index (χ0) is 16.3. The molecule has 0 spiro atoms. The van der Waals surface area contributed by atoms with E-state index < -0.39 is 5.54 Å². The molecule has 7 heteroatoms. The van der Waals surface area contributed by atoms with Crippen LogP contribution in [-0.2, 0) is 14.4 Å². The fraction of sp³-hybridized carbons (Fsp3) is 0.786. The maximum atomic E-state index is 11.5. The maximum Gasteiger partial charge on any atom is 0.219 e. The molecular formula is C14H28N4O3. The number of amides is 3. The molecule has 0 heterocycles. The Kier molecular flexibility index (Phi) is 9.36. The Labute approximate surface area is 126 Å². The van der Waals surface area contributed by atoms with Crippen molar-refractivity contribution in [1.29, 1.82) is 0 Å². The Balaban J connectivity index is 4.91. The van der Waals surface area contributed by atoms with E-state index in [9.17, 15) is 14.4 Å². The van der Waals surface area contributed by atoms with Gasteiger partial charge >= 0.3 is 0 Å². The molecule has 7 nitrogen and oxygen atoms in total. The van der Waals surface area contributed by atoms with Gasteiger partial charge in [-0.25, -0.2) is 0 Å². The van der Waals surface area contributed by atoms with Gasteiger partial charge < -0.3 is 21.3 Å². The Morgan fingerprint density at radius 1 is 1.14 bits per heavy atom. The van der Waals surface area contributed by atoms with Gasteiger partial charge in [-0.2, -0.15) is 0 Å². The molecule has 0 aromatic carbocycles. The number of rotatable bonds is 11. The number of hydrogen-bond donors (Lipinski definition) is 4. The van der Waals surface area contributed by atoms with Crippen LogP contribution in [0, 0.1) is 5.92 Å². The first-order chi connectivity index (χ1) is 9.85. The second-order valence-corrected chi connectivity index (χ2v) is 5.59. The summed E-state index contributed by atoms with van der Waals surface area (Å²) in [6.07, 6.45) is 1.00. The minimum atomic E-state index is -0.609. The fourth-order valence-electron chi connectivity index (χ4n) is 1.72. The van der Waals surface area contributed by atoms with Gasteiger partial charge in [0.2, 0.25) is 18.2 Å². The van der Waals surface area contributed by atoms with Gasteiger partial charge in [-0.1, -0.05) is 20.8 Å². The van der Waals surface area contributed by atoms with E-state index in [1.807, 2.05) is 0 Å². The highest BCUT2D eigenvalue weighted by Crippen LogP contribution is 2.04. The van der Waals surface area contributed by atoms with Crippen molar-refractivity contribution in [2.75, 3.05) is 26.2 Å². The van der Waals surface area contributed by atoms with Gasteiger partial charge in [0.1, 0.15) is 0 Å². The first kappa shape index (κ1) is 19.4. The van der Waals surface area contributed by atoms with Gasteiger partial charge in [-0.05, 0) is 12.5 Å². The van der Waals surface area contributed by atoms with Gasteiger partial charge in [0, 0.05) is 33.0 Å². The molecule has 0 radical (unpaired) electrons. The molecular weight excluding hydrogens is 272 g/mol. The second-order valence-electron chi connectivity index (χ2n) is 5.59. The molecule has 21 heavy (non-hydrogen) atoms. The van der Waals surface area contributed by atoms with Crippen molar-refractivity contribution >= 4 is 18.2 Å². The molecule has 0 aromatic heterocycles. The zero-order valence-corrected chi connectivity index (χ0v) is 13.4. The van der Waals surface area contributed by atoms with Gasteiger partial charge in [-0.15, -0.1) is 0 Å². The van der Waals surface area contributed by atoms with Crippen LogP contribution in [0.1, 0.15) is 34.1 Å². The zero-order valence-electron chi connectivity index (χ0n) is 13.4. The van der Waals surface area contributed by atoms with Gasteiger partial charge in [0.05, 0.1) is 5.54 Å². The predicted octanol–water partition coefficient (Wildman–Crippen LogP) is -0.621. The lowest BCUT2D eigenvalue weighted by Crippen LogP contribution is -2.64. The van der Waals surface area contributed by atoms with Crippen molar-refractivity contribution in [3.8, 4) is 0 Å². The van der Waals surface area contributed by atoms with Crippen LogP contribution in [0.25, 0.3) is 0 Å². The van der Waals surface area contributed by atoms with E-state index in [0.717, 1.165) is 0 Å². The average Bonchev–Trinajstić information content (AvgIpc) is 2.45. The van der Waals surface area contributed by atoms with Crippen LogP contribution in [0.2, 0.25) is 0 Å². The molecule has 122 valence electrons. The van der Waals surface area contributed by atoms with Crippen molar-refractivity contribution in [1.82, 2.24) is 21.3 Å². The summed E-state index contributed by atoms with van der Waals surface area (Å²) in [5, 5.41) is 11.6. The van der Waals surface area contributed by atoms with Crippen LogP contribution >= 0.6 is 0 Å². The quantitative estimate of drug-likeness (QED) is 0.382. The van der Waals surface area contributed by atoms with E-state index >= 15 is 0 Å². The second kappa shape index (κ2) is 10.1. The number of hydrogen-bond acceptors (Lipinski definition) is 4. The molecule has 3 amide bonds. The minimum absolute atomic E-state index is 0.0698. The Hall–Kier alpha value is -1.63. The van der Waals surface area contributed by atoms with E-state index in [-0.39, 0.29) is 11.8 Å². The molecule has 0 aliphatic heterocycles. The maximum absolute atomic E-state index is 11.5. The summed E-state index contributed by atoms with van der Waals surface area (Å²) in [4.78, 5) is 33.3. The van der Waals surface area contributed by atoms with Crippen molar-refractivity contribution in [2.24, 2.45) is 5.92 Å². The van der Waals surface area contributed by atoms with Crippen molar-refractivity contribution < 1.29 is 14.4 Å². The van der Waals surface area contributed by atoms with Crippen LogP contribution in [0.3, 0.4) is 0 Å². The van der Waals surface area contributed by atoms with E-state index in [4.69, 9.17) is 0 Å². The lowest BCUT2D eigenvalue weighted by molar-refractivity contribution is -0.121. The highest BCUT2D eigenvalue weighted by Gasteiger charge is 2.30. The lowest BCUT2D eigenvalue weighted by atomic mass is 9.97. The van der Waals surface area contributed by atoms with Crippen LogP contribution in [0.4, 0.5) is 0 Å². The van der Waals surface area contributed by atoms with E-state index in [1.165, 1.54) is 6.92 Å². The number of carbonyl (C=O) groups is 3. The summed E-state index contributed by atoms with van der Waals surface area (Å²) in [5.41, 5.74) is -0.609. The third-order valence-corrected chi connectivity index (χ3v) is 3.03. The van der Waals surface area contributed by atoms with Crippen LogP contribution in [0.5, 0.6) is 0 Å². The average molecular weight is 300 g/mol. The van der Waals surface area contributed by atoms with Crippen molar-refractivity contribution in [3.63, 3.8) is 0 Å². The first-order valence-corrected chi connectivity index (χ1v) is 7.28. The first-order valence-electron chi connectivity index (χ1n) is 7.28. The predicted molar refractivity (Wildman–Crippen MR) is 81.6 cm³/mol. The molecule has 1 unspecified atom stereocenters. The van der Waals surface area contributed by atoms with Gasteiger partial charge in [0.25, 0.3) is 0 Å². The lowest BCUT2D eigenvalue weighted by Gasteiger charge is -2.35. The van der Waals surface area contributed by atoms with Crippen molar-refractivity contribution in [2.45, 2.75) is 39.7 Å². The number of nitrogens with one attached hydrogen (secondary N) is 4. The molecule has 4 N–H and O–H groups in total. The van der Waals surface area contributed by atoms with Crippen LogP contribution in [0.15, 0.2) is 0 Å². The van der Waals surface area contributed by atoms with Crippen LogP contribution in [-0.4, -0.2) is 49.9 Å². The molecule has 0 rings (SSSR count). The topological polar surface area (TPSA) is 99.3 Å². The largest absolute Gasteiger partial charge is 0.357 e. The summed E-state index contributed by atoms with van der Waals surface area (Å²) in [6, 6.07) is 0. The Morgan fingerprint density at radius 2 is 1.76 bits per heavy atom. The van der Waals surface area contributed by atoms with Crippen molar-refractivity contribution in [3.05, 3.63) is 0 Å². The highest BCUT2D eigenvalue weighted by molar-refractivity contribution is 5.75. The highest BCUT2D eigenvalue weighted by atomic mass is 16.2. The Bertz CT molecular complexity index is 347. The summed E-state index contributed by atoms with van der Waals surface area (Å²) >= 11 is 0. The van der Waals surface area contributed by atoms with E-state index in [2.05, 4.69) is 35.1 Å². The smallest absolute Gasteiger partial charge is 0.219 e. The molecule has 1 atom stereocenters. The molecule has 0 saturated carbocycles. The van der Waals surface area contributed by atoms with Crippen LogP contribution < -0.4 is 21.3 Å². The SMILES string of the molecule is CCC(=O)NCC(CNC=O)(CNC(C)=O)NCC(C)C. The van der Waals surface area contributed by atoms with Gasteiger partial charge in [-0.3, -0.25) is 14.4 Å². The third-order valence-electron chi connectivity index (χ3n) is 3.03. The summed E-state index contributed by atoms with van der Waals surface area (Å²) in [6.45, 7) is 9.01. The molecule has 0 aliphatic rings. The minimum Gasteiger partial charge on any atom is -0.357 e. The molecule has 0 aromatic rings. The Morgan fingerprint density at radius 3 is 2.24 bits per heavy atom. The molecule has 0 saturated heterocycles. The summed E-state index contributed by atoms with van der Waals surface area (Å²) < 4.78 is 0. The molecule has 0 aliphatic carbocycles.